The standard InChI is InChI=1S/C14H15FN2O/c1-9-5-12(8-16-7-9)17-10(2)13-6-11(15)3-4-14(13)18/h3-8,10,17-18H,1-2H3. The van der Waals surface area contributed by atoms with E-state index in [1.54, 1.807) is 12.4 Å². The lowest BCUT2D eigenvalue weighted by atomic mass is 10.1. The molecule has 3 nitrogen and oxygen atoms in total. The summed E-state index contributed by atoms with van der Waals surface area (Å²) in [6.45, 7) is 3.80. The lowest BCUT2D eigenvalue weighted by Gasteiger charge is -2.17. The molecule has 1 unspecified atom stereocenters. The topological polar surface area (TPSA) is 45.2 Å². The molecule has 18 heavy (non-hydrogen) atoms. The smallest absolute Gasteiger partial charge is 0.123 e. The minimum Gasteiger partial charge on any atom is -0.508 e. The second kappa shape index (κ2) is 5.04. The zero-order chi connectivity index (χ0) is 13.1. The summed E-state index contributed by atoms with van der Waals surface area (Å²) in [5.74, 6) is -0.282. The van der Waals surface area contributed by atoms with E-state index in [4.69, 9.17) is 0 Å². The second-order valence-electron chi connectivity index (χ2n) is 4.32. The molecule has 1 aromatic heterocycles. The molecule has 0 amide bonds. The molecule has 0 aliphatic rings. The van der Waals surface area contributed by atoms with Crippen LogP contribution in [0.2, 0.25) is 0 Å². The van der Waals surface area contributed by atoms with Crippen molar-refractivity contribution in [3.63, 3.8) is 0 Å². The van der Waals surface area contributed by atoms with Crippen LogP contribution in [0.1, 0.15) is 24.1 Å². The molecule has 0 fully saturated rings. The van der Waals surface area contributed by atoms with Crippen LogP contribution in [0.3, 0.4) is 0 Å². The number of nitrogens with zero attached hydrogens (tertiary/aromatic N) is 1. The van der Waals surface area contributed by atoms with E-state index in [2.05, 4.69) is 10.3 Å². The number of anilines is 1. The van der Waals surface area contributed by atoms with Gasteiger partial charge >= 0.3 is 0 Å². The number of rotatable bonds is 3. The largest absolute Gasteiger partial charge is 0.508 e. The number of hydrogen-bond donors (Lipinski definition) is 2. The average Bonchev–Trinajstić information content (AvgIpc) is 2.32. The molecular weight excluding hydrogens is 231 g/mol. The van der Waals surface area contributed by atoms with Gasteiger partial charge in [0.15, 0.2) is 0 Å². The van der Waals surface area contributed by atoms with Crippen LogP contribution < -0.4 is 5.32 Å². The molecule has 4 heteroatoms. The van der Waals surface area contributed by atoms with Gasteiger partial charge in [0.25, 0.3) is 0 Å². The summed E-state index contributed by atoms with van der Waals surface area (Å²) in [5.41, 5.74) is 2.40. The van der Waals surface area contributed by atoms with Crippen molar-refractivity contribution in [1.82, 2.24) is 4.98 Å². The number of aromatic hydroxyl groups is 1. The van der Waals surface area contributed by atoms with Gasteiger partial charge in [-0.25, -0.2) is 4.39 Å². The van der Waals surface area contributed by atoms with Crippen LogP contribution in [-0.4, -0.2) is 10.1 Å². The number of pyridine rings is 1. The van der Waals surface area contributed by atoms with E-state index in [1.165, 1.54) is 18.2 Å². The first-order chi connectivity index (χ1) is 8.56. The molecule has 0 saturated heterocycles. The van der Waals surface area contributed by atoms with E-state index in [0.717, 1.165) is 11.3 Å². The van der Waals surface area contributed by atoms with Crippen LogP contribution in [0.15, 0.2) is 36.7 Å². The lowest BCUT2D eigenvalue weighted by Crippen LogP contribution is -2.07. The third kappa shape index (κ3) is 2.77. The highest BCUT2D eigenvalue weighted by atomic mass is 19.1. The Kier molecular flexibility index (Phi) is 3.46. The van der Waals surface area contributed by atoms with Gasteiger partial charge in [-0.05, 0) is 43.7 Å². The SMILES string of the molecule is Cc1cncc(NC(C)c2cc(F)ccc2O)c1. The van der Waals surface area contributed by atoms with Crippen molar-refractivity contribution >= 4 is 5.69 Å². The third-order valence-electron chi connectivity index (χ3n) is 2.71. The Hall–Kier alpha value is -2.10. The summed E-state index contributed by atoms with van der Waals surface area (Å²) in [6, 6.07) is 5.66. The van der Waals surface area contributed by atoms with Gasteiger partial charge in [-0.15, -0.1) is 0 Å². The molecule has 1 heterocycles. The molecule has 2 rings (SSSR count). The molecule has 1 atom stereocenters. The Balaban J connectivity index is 2.21. The molecule has 0 bridgehead atoms. The maximum Gasteiger partial charge on any atom is 0.123 e. The Morgan fingerprint density at radius 2 is 2.06 bits per heavy atom. The molecule has 0 aliphatic heterocycles. The predicted molar refractivity (Wildman–Crippen MR) is 69.1 cm³/mol. The number of phenolic OH excluding ortho intramolecular Hbond substituents is 1. The molecule has 1 aromatic carbocycles. The van der Waals surface area contributed by atoms with Crippen molar-refractivity contribution in [1.29, 1.82) is 0 Å². The van der Waals surface area contributed by atoms with Gasteiger partial charge < -0.3 is 10.4 Å². The number of nitrogens with one attached hydrogen (secondary N) is 1. The quantitative estimate of drug-likeness (QED) is 0.872. The van der Waals surface area contributed by atoms with Crippen LogP contribution in [0, 0.1) is 12.7 Å². The lowest BCUT2D eigenvalue weighted by molar-refractivity contribution is 0.462. The van der Waals surface area contributed by atoms with Gasteiger partial charge in [-0.2, -0.15) is 0 Å². The van der Waals surface area contributed by atoms with Crippen molar-refractivity contribution in [2.24, 2.45) is 0 Å². The van der Waals surface area contributed by atoms with Crippen LogP contribution in [0.5, 0.6) is 5.75 Å². The fraction of sp³-hybridized carbons (Fsp3) is 0.214. The fourth-order valence-corrected chi connectivity index (χ4v) is 1.83. The minimum absolute atomic E-state index is 0.0806. The Morgan fingerprint density at radius 3 is 2.78 bits per heavy atom. The van der Waals surface area contributed by atoms with Crippen molar-refractivity contribution in [3.05, 3.63) is 53.6 Å². The van der Waals surface area contributed by atoms with E-state index in [1.807, 2.05) is 19.9 Å². The maximum absolute atomic E-state index is 13.2. The first kappa shape index (κ1) is 12.4. The zero-order valence-electron chi connectivity index (χ0n) is 10.3. The number of aromatic nitrogens is 1. The van der Waals surface area contributed by atoms with Gasteiger partial charge in [-0.3, -0.25) is 4.98 Å². The summed E-state index contributed by atoms with van der Waals surface area (Å²) in [5, 5.41) is 12.9. The van der Waals surface area contributed by atoms with Crippen LogP contribution >= 0.6 is 0 Å². The molecule has 0 aliphatic carbocycles. The molecular formula is C14H15FN2O. The van der Waals surface area contributed by atoms with Crippen molar-refractivity contribution in [2.75, 3.05) is 5.32 Å². The highest BCUT2D eigenvalue weighted by Crippen LogP contribution is 2.27. The van der Waals surface area contributed by atoms with Crippen molar-refractivity contribution in [2.45, 2.75) is 19.9 Å². The second-order valence-corrected chi connectivity index (χ2v) is 4.32. The zero-order valence-corrected chi connectivity index (χ0v) is 10.3. The Morgan fingerprint density at radius 1 is 1.28 bits per heavy atom. The first-order valence-corrected chi connectivity index (χ1v) is 5.73. The van der Waals surface area contributed by atoms with Crippen LogP contribution in [0.25, 0.3) is 0 Å². The number of benzene rings is 1. The summed E-state index contributed by atoms with van der Waals surface area (Å²) in [4.78, 5) is 4.07. The maximum atomic E-state index is 13.2. The average molecular weight is 246 g/mol. The molecule has 94 valence electrons. The summed E-state index contributed by atoms with van der Waals surface area (Å²) in [7, 11) is 0. The van der Waals surface area contributed by atoms with Crippen molar-refractivity contribution in [3.8, 4) is 5.75 Å². The van der Waals surface area contributed by atoms with E-state index in [9.17, 15) is 9.50 Å². The highest BCUT2D eigenvalue weighted by molar-refractivity contribution is 5.47. The highest BCUT2D eigenvalue weighted by Gasteiger charge is 2.11. The molecule has 0 spiro atoms. The third-order valence-corrected chi connectivity index (χ3v) is 2.71. The van der Waals surface area contributed by atoms with Gasteiger partial charge in [0.2, 0.25) is 0 Å². The number of aryl methyl sites for hydroxylation is 1. The normalized spacial score (nSPS) is 12.2. The van der Waals surface area contributed by atoms with E-state index >= 15 is 0 Å². The monoisotopic (exact) mass is 246 g/mol. The molecule has 2 aromatic rings. The van der Waals surface area contributed by atoms with E-state index in [0.29, 0.717) is 5.56 Å². The van der Waals surface area contributed by atoms with Gasteiger partial charge in [0.05, 0.1) is 11.7 Å². The Labute approximate surface area is 105 Å². The number of halogens is 1. The predicted octanol–water partition coefficient (Wildman–Crippen LogP) is 3.41. The first-order valence-electron chi connectivity index (χ1n) is 5.73. The molecule has 2 N–H and O–H groups in total. The summed E-state index contributed by atoms with van der Waals surface area (Å²) >= 11 is 0. The van der Waals surface area contributed by atoms with Crippen LogP contribution in [-0.2, 0) is 0 Å². The van der Waals surface area contributed by atoms with Gasteiger partial charge in [0, 0.05) is 18.0 Å². The van der Waals surface area contributed by atoms with E-state index < -0.39 is 0 Å². The van der Waals surface area contributed by atoms with Crippen LogP contribution in [0.4, 0.5) is 10.1 Å². The number of hydrogen-bond acceptors (Lipinski definition) is 3. The summed E-state index contributed by atoms with van der Waals surface area (Å²) in [6.07, 6.45) is 3.45. The molecule has 0 saturated carbocycles. The molecule has 0 radical (unpaired) electrons. The van der Waals surface area contributed by atoms with Gasteiger partial charge in [-0.1, -0.05) is 0 Å². The summed E-state index contributed by atoms with van der Waals surface area (Å²) < 4.78 is 13.2. The van der Waals surface area contributed by atoms with Gasteiger partial charge in [0.1, 0.15) is 11.6 Å². The fourth-order valence-electron chi connectivity index (χ4n) is 1.83. The minimum atomic E-state index is -0.362. The Bertz CT molecular complexity index is 557. The number of phenols is 1. The van der Waals surface area contributed by atoms with E-state index in [-0.39, 0.29) is 17.6 Å². The van der Waals surface area contributed by atoms with Crippen molar-refractivity contribution < 1.29 is 9.50 Å².